The Labute approximate surface area is 142 Å². The van der Waals surface area contributed by atoms with Gasteiger partial charge in [-0.15, -0.1) is 0 Å². The third kappa shape index (κ3) is 2.87. The summed E-state index contributed by atoms with van der Waals surface area (Å²) in [6.45, 7) is 0. The van der Waals surface area contributed by atoms with Crippen LogP contribution in [0.1, 0.15) is 11.4 Å². The lowest BCUT2D eigenvalue weighted by atomic mass is 10.1. The number of rotatable bonds is 4. The highest BCUT2D eigenvalue weighted by Crippen LogP contribution is 2.17. The van der Waals surface area contributed by atoms with Crippen molar-refractivity contribution >= 4 is 5.65 Å². The first-order chi connectivity index (χ1) is 12.2. The molecule has 0 radical (unpaired) electrons. The van der Waals surface area contributed by atoms with E-state index in [1.807, 2.05) is 30.3 Å². The first-order valence-corrected chi connectivity index (χ1v) is 7.67. The van der Waals surface area contributed by atoms with Crippen molar-refractivity contribution in [2.24, 2.45) is 0 Å². The fourth-order valence-corrected chi connectivity index (χ4v) is 2.57. The highest BCUT2D eigenvalue weighted by molar-refractivity contribution is 5.53. The van der Waals surface area contributed by atoms with Crippen molar-refractivity contribution in [2.45, 2.75) is 6.42 Å². The van der Waals surface area contributed by atoms with Gasteiger partial charge in [-0.05, 0) is 29.8 Å². The summed E-state index contributed by atoms with van der Waals surface area (Å²) in [6, 6.07) is 13.0. The number of methoxy groups -OCH3 is 1. The second-order valence-corrected chi connectivity index (χ2v) is 5.45. The molecule has 0 saturated carbocycles. The molecule has 4 aromatic rings. The molecule has 0 spiro atoms. The molecule has 7 heteroatoms. The van der Waals surface area contributed by atoms with Crippen molar-refractivity contribution in [1.82, 2.24) is 19.5 Å². The highest BCUT2D eigenvalue weighted by atomic mass is 16.5. The highest BCUT2D eigenvalue weighted by Gasteiger charge is 2.15. The Morgan fingerprint density at radius 1 is 1.20 bits per heavy atom. The maximum absolute atomic E-state index is 12.6. The third-order valence-electron chi connectivity index (χ3n) is 3.81. The number of hydrogen-bond acceptors (Lipinski definition) is 6. The van der Waals surface area contributed by atoms with Crippen LogP contribution in [-0.2, 0) is 6.42 Å². The van der Waals surface area contributed by atoms with Crippen LogP contribution < -0.4 is 10.3 Å². The van der Waals surface area contributed by atoms with Gasteiger partial charge in [0, 0.05) is 18.8 Å². The number of nitrogens with zero attached hydrogens (tertiary/aromatic N) is 4. The van der Waals surface area contributed by atoms with Crippen LogP contribution in [0, 0.1) is 0 Å². The number of ether oxygens (including phenoxy) is 1. The second kappa shape index (κ2) is 6.20. The van der Waals surface area contributed by atoms with Crippen molar-refractivity contribution < 1.29 is 9.26 Å². The van der Waals surface area contributed by atoms with Crippen molar-refractivity contribution in [2.75, 3.05) is 7.11 Å². The molecule has 4 rings (SSSR count). The predicted molar refractivity (Wildman–Crippen MR) is 90.6 cm³/mol. The first kappa shape index (κ1) is 15.1. The van der Waals surface area contributed by atoms with Gasteiger partial charge in [0.15, 0.2) is 5.82 Å². The van der Waals surface area contributed by atoms with E-state index in [0.29, 0.717) is 17.9 Å². The molecule has 0 unspecified atom stereocenters. The molecule has 124 valence electrons. The lowest BCUT2D eigenvalue weighted by Crippen LogP contribution is -2.16. The number of fused-ring (bicyclic) bond motifs is 1. The molecule has 0 fully saturated rings. The number of pyridine rings is 1. The first-order valence-electron chi connectivity index (χ1n) is 7.67. The SMILES string of the molecule is COc1cccc(Cc2noc(-c3cnc4ccccn4c3=O)n2)c1. The normalized spacial score (nSPS) is 10.9. The standard InChI is InChI=1S/C18H14N4O3/c1-24-13-6-4-5-12(9-13)10-15-20-17(25-21-15)14-11-19-16-7-2-3-8-22(16)18(14)23/h2-9,11H,10H2,1H3. The van der Waals surface area contributed by atoms with E-state index in [1.165, 1.54) is 10.6 Å². The predicted octanol–water partition coefficient (Wildman–Crippen LogP) is 2.34. The summed E-state index contributed by atoms with van der Waals surface area (Å²) < 4.78 is 11.9. The molecular formula is C18H14N4O3. The second-order valence-electron chi connectivity index (χ2n) is 5.45. The summed E-state index contributed by atoms with van der Waals surface area (Å²) >= 11 is 0. The lowest BCUT2D eigenvalue weighted by Gasteiger charge is -2.01. The van der Waals surface area contributed by atoms with Gasteiger partial charge in [0.2, 0.25) is 0 Å². The van der Waals surface area contributed by atoms with Crippen LogP contribution >= 0.6 is 0 Å². The summed E-state index contributed by atoms with van der Waals surface area (Å²) in [7, 11) is 1.62. The molecule has 0 N–H and O–H groups in total. The topological polar surface area (TPSA) is 82.5 Å². The zero-order valence-corrected chi connectivity index (χ0v) is 13.4. The Bertz CT molecular complexity index is 1100. The van der Waals surface area contributed by atoms with Crippen molar-refractivity contribution in [3.8, 4) is 17.2 Å². The van der Waals surface area contributed by atoms with E-state index >= 15 is 0 Å². The fourth-order valence-electron chi connectivity index (χ4n) is 2.57. The number of benzene rings is 1. The van der Waals surface area contributed by atoms with Crippen LogP contribution in [0.3, 0.4) is 0 Å². The molecule has 3 aromatic heterocycles. The smallest absolute Gasteiger partial charge is 0.270 e. The van der Waals surface area contributed by atoms with Gasteiger partial charge in [-0.3, -0.25) is 9.20 Å². The van der Waals surface area contributed by atoms with Gasteiger partial charge in [0.1, 0.15) is 17.0 Å². The van der Waals surface area contributed by atoms with Crippen molar-refractivity contribution in [3.63, 3.8) is 0 Å². The third-order valence-corrected chi connectivity index (χ3v) is 3.81. The molecule has 25 heavy (non-hydrogen) atoms. The summed E-state index contributed by atoms with van der Waals surface area (Å²) in [5, 5.41) is 3.96. The average molecular weight is 334 g/mol. The molecule has 0 aliphatic rings. The Hall–Kier alpha value is -3.48. The summed E-state index contributed by atoms with van der Waals surface area (Å²) in [5.41, 5.74) is 1.57. The number of aromatic nitrogens is 4. The van der Waals surface area contributed by atoms with Gasteiger partial charge >= 0.3 is 0 Å². The van der Waals surface area contributed by atoms with Gasteiger partial charge in [-0.25, -0.2) is 4.98 Å². The monoisotopic (exact) mass is 334 g/mol. The van der Waals surface area contributed by atoms with Gasteiger partial charge in [-0.2, -0.15) is 4.98 Å². The van der Waals surface area contributed by atoms with Crippen LogP contribution in [0.5, 0.6) is 5.75 Å². The van der Waals surface area contributed by atoms with E-state index in [2.05, 4.69) is 15.1 Å². The van der Waals surface area contributed by atoms with E-state index in [1.54, 1.807) is 25.4 Å². The zero-order valence-electron chi connectivity index (χ0n) is 13.4. The van der Waals surface area contributed by atoms with E-state index in [4.69, 9.17) is 9.26 Å². The van der Waals surface area contributed by atoms with E-state index < -0.39 is 0 Å². The van der Waals surface area contributed by atoms with Gasteiger partial charge in [0.25, 0.3) is 11.4 Å². The average Bonchev–Trinajstić information content (AvgIpc) is 3.10. The van der Waals surface area contributed by atoms with Crippen LogP contribution in [0.15, 0.2) is 64.2 Å². The minimum atomic E-state index is -0.248. The Kier molecular flexibility index (Phi) is 3.74. The van der Waals surface area contributed by atoms with Crippen LogP contribution in [-0.4, -0.2) is 26.6 Å². The molecule has 0 aliphatic carbocycles. The minimum Gasteiger partial charge on any atom is -0.497 e. The van der Waals surface area contributed by atoms with Gasteiger partial charge < -0.3 is 9.26 Å². The number of hydrogen-bond donors (Lipinski definition) is 0. The van der Waals surface area contributed by atoms with Crippen molar-refractivity contribution in [1.29, 1.82) is 0 Å². The van der Waals surface area contributed by atoms with E-state index in [-0.39, 0.29) is 17.0 Å². The summed E-state index contributed by atoms with van der Waals surface area (Å²) in [6.07, 6.45) is 3.59. The lowest BCUT2D eigenvalue weighted by molar-refractivity contribution is 0.414. The summed E-state index contributed by atoms with van der Waals surface area (Å²) in [4.78, 5) is 21.1. The largest absolute Gasteiger partial charge is 0.497 e. The van der Waals surface area contributed by atoms with Crippen LogP contribution in [0.25, 0.3) is 17.1 Å². The molecule has 0 atom stereocenters. The van der Waals surface area contributed by atoms with E-state index in [9.17, 15) is 4.79 Å². The molecule has 0 bridgehead atoms. The fraction of sp³-hybridized carbons (Fsp3) is 0.111. The maximum Gasteiger partial charge on any atom is 0.270 e. The van der Waals surface area contributed by atoms with Crippen molar-refractivity contribution in [3.05, 3.63) is 76.6 Å². The minimum absolute atomic E-state index is 0.161. The van der Waals surface area contributed by atoms with Gasteiger partial charge in [0.05, 0.1) is 7.11 Å². The molecule has 0 saturated heterocycles. The molecule has 1 aromatic carbocycles. The van der Waals surface area contributed by atoms with Crippen LogP contribution in [0.4, 0.5) is 0 Å². The molecular weight excluding hydrogens is 320 g/mol. The molecule has 7 nitrogen and oxygen atoms in total. The van der Waals surface area contributed by atoms with Crippen LogP contribution in [0.2, 0.25) is 0 Å². The Balaban J connectivity index is 1.67. The molecule has 0 aliphatic heterocycles. The molecule has 3 heterocycles. The van der Waals surface area contributed by atoms with Gasteiger partial charge in [-0.1, -0.05) is 23.4 Å². The zero-order chi connectivity index (χ0) is 17.2. The molecule has 0 amide bonds. The quantitative estimate of drug-likeness (QED) is 0.570. The Morgan fingerprint density at radius 2 is 2.12 bits per heavy atom. The summed E-state index contributed by atoms with van der Waals surface area (Å²) in [5.74, 6) is 1.41. The Morgan fingerprint density at radius 3 is 3.00 bits per heavy atom. The maximum atomic E-state index is 12.6. The van der Waals surface area contributed by atoms with E-state index in [0.717, 1.165) is 11.3 Å².